The number of amides is 1. The van der Waals surface area contributed by atoms with Crippen LogP contribution < -0.4 is 10.1 Å². The number of rotatable bonds is 5. The molecule has 2 aromatic rings. The standard InChI is InChI=1S/C18H18FNO3/c1-11-9-14(11)16-7-4-13(23-16)5-8-18(21)20-12-3-6-17(22-2)15(19)10-12/h3-8,10-11,14H,9H2,1-2H3,(H,20,21). The largest absolute Gasteiger partial charge is 0.494 e. The molecule has 0 spiro atoms. The fourth-order valence-electron chi connectivity index (χ4n) is 2.46. The minimum Gasteiger partial charge on any atom is -0.494 e. The molecular weight excluding hydrogens is 297 g/mol. The van der Waals surface area contributed by atoms with E-state index in [1.807, 2.05) is 12.1 Å². The van der Waals surface area contributed by atoms with Crippen LogP contribution >= 0.6 is 0 Å². The lowest BCUT2D eigenvalue weighted by Crippen LogP contribution is -2.08. The molecule has 1 heterocycles. The number of benzene rings is 1. The zero-order valence-corrected chi connectivity index (χ0v) is 13.0. The maximum Gasteiger partial charge on any atom is 0.248 e. The van der Waals surface area contributed by atoms with Gasteiger partial charge in [0.05, 0.1) is 7.11 Å². The second kappa shape index (κ2) is 6.28. The molecule has 1 aliphatic carbocycles. The van der Waals surface area contributed by atoms with Crippen LogP contribution in [-0.2, 0) is 4.79 Å². The van der Waals surface area contributed by atoms with Gasteiger partial charge >= 0.3 is 0 Å². The van der Waals surface area contributed by atoms with Gasteiger partial charge < -0.3 is 14.5 Å². The molecule has 1 saturated carbocycles. The maximum atomic E-state index is 13.6. The average Bonchev–Trinajstić information content (AvgIpc) is 3.07. The fourth-order valence-corrected chi connectivity index (χ4v) is 2.46. The quantitative estimate of drug-likeness (QED) is 0.841. The van der Waals surface area contributed by atoms with E-state index in [0.29, 0.717) is 23.3 Å². The van der Waals surface area contributed by atoms with Crippen LogP contribution in [0, 0.1) is 11.7 Å². The molecule has 1 fully saturated rings. The molecule has 1 N–H and O–H groups in total. The minimum atomic E-state index is -0.525. The van der Waals surface area contributed by atoms with Crippen molar-refractivity contribution < 1.29 is 18.3 Å². The molecular formula is C18H18FNO3. The van der Waals surface area contributed by atoms with E-state index in [1.54, 1.807) is 12.1 Å². The van der Waals surface area contributed by atoms with Crippen LogP contribution in [0.4, 0.5) is 10.1 Å². The Labute approximate surface area is 133 Å². The van der Waals surface area contributed by atoms with E-state index in [-0.39, 0.29) is 11.7 Å². The highest BCUT2D eigenvalue weighted by atomic mass is 19.1. The van der Waals surface area contributed by atoms with Gasteiger partial charge in [-0.2, -0.15) is 0 Å². The summed E-state index contributed by atoms with van der Waals surface area (Å²) in [6.45, 7) is 2.18. The Kier molecular flexibility index (Phi) is 4.19. The first kappa shape index (κ1) is 15.3. The van der Waals surface area contributed by atoms with Gasteiger partial charge in [0.25, 0.3) is 0 Å². The van der Waals surface area contributed by atoms with Gasteiger partial charge in [-0.05, 0) is 42.7 Å². The molecule has 23 heavy (non-hydrogen) atoms. The molecule has 0 saturated heterocycles. The smallest absolute Gasteiger partial charge is 0.248 e. The summed E-state index contributed by atoms with van der Waals surface area (Å²) in [6.07, 6.45) is 4.12. The minimum absolute atomic E-state index is 0.135. The van der Waals surface area contributed by atoms with E-state index in [1.165, 1.54) is 25.3 Å². The van der Waals surface area contributed by atoms with Crippen molar-refractivity contribution in [2.45, 2.75) is 19.3 Å². The van der Waals surface area contributed by atoms with Crippen LogP contribution in [0.15, 0.2) is 40.8 Å². The van der Waals surface area contributed by atoms with Gasteiger partial charge in [0, 0.05) is 23.7 Å². The molecule has 120 valence electrons. The summed E-state index contributed by atoms with van der Waals surface area (Å²) in [5.74, 6) is 2.04. The summed E-state index contributed by atoms with van der Waals surface area (Å²) in [7, 11) is 1.39. The van der Waals surface area contributed by atoms with Gasteiger partial charge in [-0.1, -0.05) is 6.92 Å². The third-order valence-corrected chi connectivity index (χ3v) is 3.94. The first-order valence-corrected chi connectivity index (χ1v) is 7.49. The molecule has 1 aromatic carbocycles. The van der Waals surface area contributed by atoms with E-state index in [9.17, 15) is 9.18 Å². The van der Waals surface area contributed by atoms with Crippen molar-refractivity contribution in [1.82, 2.24) is 0 Å². The Hall–Kier alpha value is -2.56. The molecule has 0 aliphatic heterocycles. The number of carbonyl (C=O) groups is 1. The molecule has 1 aliphatic rings. The molecule has 0 bridgehead atoms. The predicted octanol–water partition coefficient (Wildman–Crippen LogP) is 4.20. The van der Waals surface area contributed by atoms with Crippen molar-refractivity contribution >= 4 is 17.7 Å². The Morgan fingerprint density at radius 1 is 1.39 bits per heavy atom. The SMILES string of the molecule is COc1ccc(NC(=O)C=Cc2ccc(C3CC3C)o2)cc1F. The van der Waals surface area contributed by atoms with E-state index in [0.717, 1.165) is 12.2 Å². The third kappa shape index (κ3) is 3.62. The lowest BCUT2D eigenvalue weighted by molar-refractivity contribution is -0.111. The molecule has 3 rings (SSSR count). The summed E-state index contributed by atoms with van der Waals surface area (Å²) in [6, 6.07) is 8.04. The summed E-state index contributed by atoms with van der Waals surface area (Å²) < 4.78 is 24.1. The molecule has 1 aromatic heterocycles. The number of ether oxygens (including phenoxy) is 1. The summed E-state index contributed by atoms with van der Waals surface area (Å²) >= 11 is 0. The van der Waals surface area contributed by atoms with Gasteiger partial charge in [0.15, 0.2) is 11.6 Å². The highest BCUT2D eigenvalue weighted by molar-refractivity contribution is 6.01. The van der Waals surface area contributed by atoms with Crippen molar-refractivity contribution in [3.63, 3.8) is 0 Å². The zero-order chi connectivity index (χ0) is 16.4. The summed E-state index contributed by atoms with van der Waals surface area (Å²) in [5.41, 5.74) is 0.366. The predicted molar refractivity (Wildman–Crippen MR) is 85.8 cm³/mol. The number of carbonyl (C=O) groups excluding carboxylic acids is 1. The Morgan fingerprint density at radius 2 is 2.17 bits per heavy atom. The van der Waals surface area contributed by atoms with Crippen molar-refractivity contribution in [3.05, 3.63) is 53.7 Å². The highest BCUT2D eigenvalue weighted by Crippen LogP contribution is 2.47. The van der Waals surface area contributed by atoms with Gasteiger partial charge in [-0.3, -0.25) is 4.79 Å². The Bertz CT molecular complexity index is 750. The van der Waals surface area contributed by atoms with Crippen LogP contribution in [0.25, 0.3) is 6.08 Å². The highest BCUT2D eigenvalue weighted by Gasteiger charge is 2.36. The Balaban J connectivity index is 1.60. The second-order valence-corrected chi connectivity index (χ2v) is 5.73. The Morgan fingerprint density at radius 3 is 2.83 bits per heavy atom. The number of furan rings is 1. The van der Waals surface area contributed by atoms with Crippen LogP contribution in [0.3, 0.4) is 0 Å². The topological polar surface area (TPSA) is 51.5 Å². The number of hydrogen-bond acceptors (Lipinski definition) is 3. The zero-order valence-electron chi connectivity index (χ0n) is 13.0. The molecule has 2 unspecified atom stereocenters. The van der Waals surface area contributed by atoms with Gasteiger partial charge in [0.1, 0.15) is 11.5 Å². The van der Waals surface area contributed by atoms with Crippen LogP contribution in [0.5, 0.6) is 5.75 Å². The number of methoxy groups -OCH3 is 1. The fraction of sp³-hybridized carbons (Fsp3) is 0.278. The second-order valence-electron chi connectivity index (χ2n) is 5.73. The lowest BCUT2D eigenvalue weighted by atomic mass is 10.2. The number of hydrogen-bond donors (Lipinski definition) is 1. The van der Waals surface area contributed by atoms with Crippen molar-refractivity contribution in [3.8, 4) is 5.75 Å². The first-order chi connectivity index (χ1) is 11.1. The number of halogens is 1. The van der Waals surface area contributed by atoms with E-state index >= 15 is 0 Å². The summed E-state index contributed by atoms with van der Waals surface area (Å²) in [4.78, 5) is 11.9. The third-order valence-electron chi connectivity index (χ3n) is 3.94. The van der Waals surface area contributed by atoms with E-state index < -0.39 is 5.82 Å². The van der Waals surface area contributed by atoms with Crippen LogP contribution in [0.2, 0.25) is 0 Å². The number of anilines is 1. The van der Waals surface area contributed by atoms with Gasteiger partial charge in [0.2, 0.25) is 5.91 Å². The monoisotopic (exact) mass is 315 g/mol. The van der Waals surface area contributed by atoms with E-state index in [4.69, 9.17) is 9.15 Å². The molecule has 2 atom stereocenters. The van der Waals surface area contributed by atoms with Gasteiger partial charge in [-0.25, -0.2) is 4.39 Å². The van der Waals surface area contributed by atoms with Crippen LogP contribution in [-0.4, -0.2) is 13.0 Å². The van der Waals surface area contributed by atoms with Crippen molar-refractivity contribution in [2.75, 3.05) is 12.4 Å². The maximum absolute atomic E-state index is 13.6. The van der Waals surface area contributed by atoms with Crippen molar-refractivity contribution in [1.29, 1.82) is 0 Å². The van der Waals surface area contributed by atoms with Gasteiger partial charge in [-0.15, -0.1) is 0 Å². The normalized spacial score (nSPS) is 19.8. The molecule has 1 amide bonds. The molecule has 4 nitrogen and oxygen atoms in total. The molecule has 5 heteroatoms. The molecule has 0 radical (unpaired) electrons. The first-order valence-electron chi connectivity index (χ1n) is 7.49. The number of nitrogens with one attached hydrogen (secondary N) is 1. The van der Waals surface area contributed by atoms with E-state index in [2.05, 4.69) is 12.2 Å². The van der Waals surface area contributed by atoms with Crippen molar-refractivity contribution in [2.24, 2.45) is 5.92 Å². The average molecular weight is 315 g/mol. The van der Waals surface area contributed by atoms with Crippen LogP contribution in [0.1, 0.15) is 30.8 Å². The summed E-state index contributed by atoms with van der Waals surface area (Å²) in [5, 5.41) is 2.59. The lowest BCUT2D eigenvalue weighted by Gasteiger charge is -2.05.